The minimum absolute atomic E-state index is 0.126. The molecule has 0 bridgehead atoms. The van der Waals surface area contributed by atoms with Gasteiger partial charge in [0.05, 0.1) is 0 Å². The number of rotatable bonds is 4. The molecule has 1 aliphatic heterocycles. The Labute approximate surface area is 160 Å². The first-order chi connectivity index (χ1) is 13.1. The highest BCUT2D eigenvalue weighted by Crippen LogP contribution is 2.24. The topological polar surface area (TPSA) is 75.2 Å². The van der Waals surface area contributed by atoms with E-state index in [9.17, 15) is 9.59 Å². The summed E-state index contributed by atoms with van der Waals surface area (Å²) in [6, 6.07) is 17.1. The second-order valence-corrected chi connectivity index (χ2v) is 6.52. The van der Waals surface area contributed by atoms with Gasteiger partial charge in [0.2, 0.25) is 5.91 Å². The van der Waals surface area contributed by atoms with Crippen LogP contribution >= 0.6 is 12.2 Å². The summed E-state index contributed by atoms with van der Waals surface area (Å²) in [5, 5.41) is 9.51. The van der Waals surface area contributed by atoms with Crippen LogP contribution in [0.2, 0.25) is 0 Å². The maximum absolute atomic E-state index is 12.4. The maximum Gasteiger partial charge on any atom is 0.273 e. The number of benzene rings is 2. The lowest BCUT2D eigenvalue weighted by Crippen LogP contribution is -2.21. The van der Waals surface area contributed by atoms with Crippen molar-refractivity contribution in [3.05, 3.63) is 72.1 Å². The second-order valence-electron chi connectivity index (χ2n) is 6.11. The number of carbonyl (C=O) groups excluding carboxylic acids is 2. The number of thiocarbonyl (C=S) groups is 1. The molecule has 0 saturated carbocycles. The smallest absolute Gasteiger partial charge is 0.273 e. The van der Waals surface area contributed by atoms with Gasteiger partial charge in [-0.2, -0.15) is 0 Å². The van der Waals surface area contributed by atoms with E-state index < -0.39 is 0 Å². The first-order valence-electron chi connectivity index (χ1n) is 8.37. The predicted octanol–water partition coefficient (Wildman–Crippen LogP) is 2.63. The predicted molar refractivity (Wildman–Crippen MR) is 109 cm³/mol. The highest BCUT2D eigenvalue weighted by Gasteiger charge is 2.21. The molecular formula is C20H16N4O2S. The van der Waals surface area contributed by atoms with E-state index >= 15 is 0 Å². The number of aromatic nitrogens is 1. The van der Waals surface area contributed by atoms with E-state index in [1.807, 2.05) is 65.4 Å². The molecular weight excluding hydrogens is 360 g/mol. The number of nitrogens with zero attached hydrogens (tertiary/aromatic N) is 1. The fourth-order valence-electron chi connectivity index (χ4n) is 3.04. The van der Waals surface area contributed by atoms with Gasteiger partial charge in [-0.05, 0) is 36.5 Å². The minimum atomic E-state index is -0.265. The lowest BCUT2D eigenvalue weighted by Gasteiger charge is -2.07. The Morgan fingerprint density at radius 3 is 2.56 bits per heavy atom. The largest absolute Gasteiger partial charge is 0.337 e. The van der Waals surface area contributed by atoms with Crippen molar-refractivity contribution in [3.63, 3.8) is 0 Å². The molecule has 0 unspecified atom stereocenters. The Bertz CT molecular complexity index is 1090. The van der Waals surface area contributed by atoms with Crippen molar-refractivity contribution in [1.29, 1.82) is 0 Å². The van der Waals surface area contributed by atoms with Gasteiger partial charge in [0.15, 0.2) is 5.11 Å². The Balaban J connectivity index is 1.64. The van der Waals surface area contributed by atoms with Crippen LogP contribution < -0.4 is 16.0 Å². The van der Waals surface area contributed by atoms with Crippen LogP contribution in [0.5, 0.6) is 0 Å². The third-order valence-electron chi connectivity index (χ3n) is 4.21. The van der Waals surface area contributed by atoms with Gasteiger partial charge in [-0.15, -0.1) is 0 Å². The zero-order chi connectivity index (χ0) is 18.8. The average molecular weight is 376 g/mol. The first-order valence-corrected chi connectivity index (χ1v) is 8.78. The van der Waals surface area contributed by atoms with Gasteiger partial charge in [-0.3, -0.25) is 14.9 Å². The summed E-state index contributed by atoms with van der Waals surface area (Å²) in [4.78, 5) is 24.3. The summed E-state index contributed by atoms with van der Waals surface area (Å²) in [5.41, 5.74) is 2.88. The van der Waals surface area contributed by atoms with Crippen LogP contribution in [0.1, 0.15) is 5.56 Å². The molecule has 1 aliphatic rings. The van der Waals surface area contributed by atoms with E-state index in [0.29, 0.717) is 5.70 Å². The molecule has 2 aromatic carbocycles. The van der Waals surface area contributed by atoms with Gasteiger partial charge in [-0.1, -0.05) is 36.4 Å². The minimum Gasteiger partial charge on any atom is -0.337 e. The molecule has 3 aromatic rings. The number of anilines is 1. The Kier molecular flexibility index (Phi) is 4.43. The van der Waals surface area contributed by atoms with E-state index in [-0.39, 0.29) is 23.5 Å². The van der Waals surface area contributed by atoms with Crippen LogP contribution in [-0.2, 0) is 16.1 Å². The normalized spacial score (nSPS) is 15.0. The van der Waals surface area contributed by atoms with E-state index in [0.717, 1.165) is 22.2 Å². The number of fused-ring (bicyclic) bond motifs is 1. The van der Waals surface area contributed by atoms with Gasteiger partial charge in [-0.25, -0.2) is 0 Å². The van der Waals surface area contributed by atoms with Crippen molar-refractivity contribution in [2.24, 2.45) is 0 Å². The molecule has 7 heteroatoms. The molecule has 0 spiro atoms. The molecule has 6 nitrogen and oxygen atoms in total. The molecule has 27 heavy (non-hydrogen) atoms. The zero-order valence-corrected chi connectivity index (χ0v) is 15.0. The zero-order valence-electron chi connectivity index (χ0n) is 14.2. The third-order valence-corrected chi connectivity index (χ3v) is 4.41. The lowest BCUT2D eigenvalue weighted by molar-refractivity contribution is -0.117. The third kappa shape index (κ3) is 3.58. The molecule has 0 atom stereocenters. The molecule has 1 saturated heterocycles. The van der Waals surface area contributed by atoms with Gasteiger partial charge < -0.3 is 15.2 Å². The molecule has 0 radical (unpaired) electrons. The van der Waals surface area contributed by atoms with E-state index in [1.54, 1.807) is 6.08 Å². The average Bonchev–Trinajstić information content (AvgIpc) is 3.16. The highest BCUT2D eigenvalue weighted by atomic mass is 32.1. The second kappa shape index (κ2) is 7.05. The van der Waals surface area contributed by atoms with E-state index in [2.05, 4.69) is 16.0 Å². The Morgan fingerprint density at radius 1 is 1.07 bits per heavy atom. The van der Waals surface area contributed by atoms with Crippen LogP contribution in [0.25, 0.3) is 17.0 Å². The summed E-state index contributed by atoms with van der Waals surface area (Å²) >= 11 is 4.97. The number of nitrogens with one attached hydrogen (secondary N) is 3. The quantitative estimate of drug-likeness (QED) is 0.483. The summed E-state index contributed by atoms with van der Waals surface area (Å²) < 4.78 is 1.87. The number of hydrogen-bond donors (Lipinski definition) is 3. The Hall–Kier alpha value is -3.45. The SMILES string of the molecule is O=C(Cn1cc(/C=C2\NC(=S)NC2=O)c2ccccc21)Nc1ccccc1. The summed E-state index contributed by atoms with van der Waals surface area (Å²) in [5.74, 6) is -0.391. The van der Waals surface area contributed by atoms with Crippen LogP contribution in [0.4, 0.5) is 5.69 Å². The monoisotopic (exact) mass is 376 g/mol. The van der Waals surface area contributed by atoms with Gasteiger partial charge in [0, 0.05) is 28.4 Å². The highest BCUT2D eigenvalue weighted by molar-refractivity contribution is 7.80. The molecule has 2 amide bonds. The number of amides is 2. The van der Waals surface area contributed by atoms with Crippen molar-refractivity contribution < 1.29 is 9.59 Å². The van der Waals surface area contributed by atoms with E-state index in [4.69, 9.17) is 12.2 Å². The van der Waals surface area contributed by atoms with Crippen molar-refractivity contribution in [2.75, 3.05) is 5.32 Å². The van der Waals surface area contributed by atoms with Crippen molar-refractivity contribution in [2.45, 2.75) is 6.54 Å². The number of carbonyl (C=O) groups is 2. The van der Waals surface area contributed by atoms with Crippen LogP contribution in [0, 0.1) is 0 Å². The van der Waals surface area contributed by atoms with E-state index in [1.165, 1.54) is 0 Å². The molecule has 1 aromatic heterocycles. The maximum atomic E-state index is 12.4. The molecule has 1 fully saturated rings. The van der Waals surface area contributed by atoms with Gasteiger partial charge >= 0.3 is 0 Å². The van der Waals surface area contributed by atoms with Crippen molar-refractivity contribution >= 4 is 51.8 Å². The Morgan fingerprint density at radius 2 is 1.81 bits per heavy atom. The van der Waals surface area contributed by atoms with Crippen molar-refractivity contribution in [3.8, 4) is 0 Å². The summed E-state index contributed by atoms with van der Waals surface area (Å²) in [7, 11) is 0. The fourth-order valence-corrected chi connectivity index (χ4v) is 3.24. The van der Waals surface area contributed by atoms with Crippen LogP contribution in [0.15, 0.2) is 66.5 Å². The molecule has 4 rings (SSSR count). The summed E-state index contributed by atoms with van der Waals surface area (Å²) in [6.07, 6.45) is 3.60. The van der Waals surface area contributed by atoms with Gasteiger partial charge in [0.25, 0.3) is 5.91 Å². The van der Waals surface area contributed by atoms with Crippen molar-refractivity contribution in [1.82, 2.24) is 15.2 Å². The fraction of sp³-hybridized carbons (Fsp3) is 0.0500. The number of para-hydroxylation sites is 2. The number of hydrogen-bond acceptors (Lipinski definition) is 3. The summed E-state index contributed by atoms with van der Waals surface area (Å²) in [6.45, 7) is 0.163. The van der Waals surface area contributed by atoms with Crippen LogP contribution in [0.3, 0.4) is 0 Å². The van der Waals surface area contributed by atoms with Crippen LogP contribution in [-0.4, -0.2) is 21.5 Å². The molecule has 3 N–H and O–H groups in total. The standard InChI is InChI=1S/C20H16N4O2S/c25-18(21-14-6-2-1-3-7-14)12-24-11-13(15-8-4-5-9-17(15)24)10-16-19(26)23-20(27)22-16/h1-11H,12H2,(H,21,25)(H2,22,23,26,27)/b16-10-. The molecule has 134 valence electrons. The molecule has 0 aliphatic carbocycles. The first kappa shape index (κ1) is 17.0. The van der Waals surface area contributed by atoms with Gasteiger partial charge in [0.1, 0.15) is 12.2 Å². The molecule has 2 heterocycles. The lowest BCUT2D eigenvalue weighted by atomic mass is 10.1.